The predicted octanol–water partition coefficient (Wildman–Crippen LogP) is 3.81. The Morgan fingerprint density at radius 1 is 1.00 bits per heavy atom. The van der Waals surface area contributed by atoms with E-state index in [1.807, 2.05) is 18.2 Å². The van der Waals surface area contributed by atoms with Crippen LogP contribution in [0.5, 0.6) is 0 Å². The lowest BCUT2D eigenvalue weighted by atomic mass is 9.87. The van der Waals surface area contributed by atoms with Crippen LogP contribution >= 0.6 is 0 Å². The predicted molar refractivity (Wildman–Crippen MR) is 109 cm³/mol. The van der Waals surface area contributed by atoms with Crippen molar-refractivity contribution in [3.63, 3.8) is 0 Å². The Hall–Kier alpha value is -2.15. The Labute approximate surface area is 162 Å². The van der Waals surface area contributed by atoms with Crippen molar-refractivity contribution in [3.05, 3.63) is 42.0 Å². The molecule has 0 aliphatic carbocycles. The van der Waals surface area contributed by atoms with E-state index in [-0.39, 0.29) is 16.1 Å². The van der Waals surface area contributed by atoms with E-state index in [1.165, 1.54) is 0 Å². The molecule has 2 aromatic rings. The Morgan fingerprint density at radius 2 is 1.63 bits per heavy atom. The summed E-state index contributed by atoms with van der Waals surface area (Å²) in [4.78, 5) is 2.41. The maximum atomic E-state index is 12.6. The van der Waals surface area contributed by atoms with E-state index in [2.05, 4.69) is 47.5 Å². The Balaban J connectivity index is 1.70. The van der Waals surface area contributed by atoms with E-state index >= 15 is 0 Å². The minimum absolute atomic E-state index is 0.0245. The molecule has 0 radical (unpaired) electrons. The lowest BCUT2D eigenvalue weighted by Crippen LogP contribution is -2.33. The number of nitrogens with zero attached hydrogens (tertiary/aromatic N) is 3. The van der Waals surface area contributed by atoms with Crippen molar-refractivity contribution in [2.75, 3.05) is 22.7 Å². The average molecular weight is 389 g/mol. The summed E-state index contributed by atoms with van der Waals surface area (Å²) in [7, 11) is -3.69. The van der Waals surface area contributed by atoms with Gasteiger partial charge in [0, 0.05) is 13.1 Å². The van der Waals surface area contributed by atoms with Crippen molar-refractivity contribution >= 4 is 21.7 Å². The molecule has 1 aliphatic heterocycles. The van der Waals surface area contributed by atoms with Gasteiger partial charge in [-0.2, -0.15) is 0 Å². The maximum absolute atomic E-state index is 12.6. The van der Waals surface area contributed by atoms with E-state index in [1.54, 1.807) is 18.2 Å². The largest absolute Gasteiger partial charge is 0.355 e. The van der Waals surface area contributed by atoms with E-state index in [4.69, 9.17) is 0 Å². The van der Waals surface area contributed by atoms with Crippen molar-refractivity contribution in [2.45, 2.75) is 50.8 Å². The number of sulfonamides is 1. The summed E-state index contributed by atoms with van der Waals surface area (Å²) in [5, 5.41) is 8.26. The number of rotatable bonds is 4. The number of benzene rings is 1. The molecule has 1 saturated heterocycles. The number of hydrogen-bond acceptors (Lipinski definition) is 5. The third kappa shape index (κ3) is 4.77. The fourth-order valence-corrected chi connectivity index (χ4v) is 4.11. The quantitative estimate of drug-likeness (QED) is 0.862. The van der Waals surface area contributed by atoms with Gasteiger partial charge >= 0.3 is 0 Å². The SMILES string of the molecule is CC1CCN(c2ccc(NS(=O)(=O)c3ccc(C(C)(C)C)cc3)nn2)CC1. The van der Waals surface area contributed by atoms with E-state index < -0.39 is 10.0 Å². The first kappa shape index (κ1) is 19.6. The zero-order chi connectivity index (χ0) is 19.7. The highest BCUT2D eigenvalue weighted by molar-refractivity contribution is 7.92. The molecule has 7 heteroatoms. The topological polar surface area (TPSA) is 75.2 Å². The van der Waals surface area contributed by atoms with Crippen LogP contribution in [0.25, 0.3) is 0 Å². The number of hydrogen-bond donors (Lipinski definition) is 1. The van der Waals surface area contributed by atoms with Gasteiger partial charge in [-0.15, -0.1) is 10.2 Å². The van der Waals surface area contributed by atoms with Crippen molar-refractivity contribution in [3.8, 4) is 0 Å². The molecule has 0 bridgehead atoms. The average Bonchev–Trinajstić information content (AvgIpc) is 2.62. The van der Waals surface area contributed by atoms with Crippen LogP contribution in [0.4, 0.5) is 11.6 Å². The molecule has 27 heavy (non-hydrogen) atoms. The standard InChI is InChI=1S/C20H28N4O2S/c1-15-11-13-24(14-12-15)19-10-9-18(21-22-19)23-27(25,26)17-7-5-16(6-8-17)20(2,3)4/h5-10,15H,11-14H2,1-4H3,(H,21,23). The van der Waals surface area contributed by atoms with E-state index in [0.717, 1.165) is 43.2 Å². The van der Waals surface area contributed by atoms with E-state index in [0.29, 0.717) is 0 Å². The van der Waals surface area contributed by atoms with Crippen LogP contribution in [0.3, 0.4) is 0 Å². The summed E-state index contributed by atoms with van der Waals surface area (Å²) >= 11 is 0. The minimum atomic E-state index is -3.69. The lowest BCUT2D eigenvalue weighted by Gasteiger charge is -2.30. The Bertz CT molecular complexity index is 864. The third-order valence-corrected chi connectivity index (χ3v) is 6.40. The van der Waals surface area contributed by atoms with Crippen molar-refractivity contribution in [2.24, 2.45) is 5.92 Å². The minimum Gasteiger partial charge on any atom is -0.355 e. The molecule has 3 rings (SSSR count). The highest BCUT2D eigenvalue weighted by Crippen LogP contribution is 2.25. The first-order valence-electron chi connectivity index (χ1n) is 9.37. The van der Waals surface area contributed by atoms with Crippen molar-refractivity contribution < 1.29 is 8.42 Å². The second-order valence-electron chi connectivity index (χ2n) is 8.33. The Morgan fingerprint density at radius 3 is 2.15 bits per heavy atom. The van der Waals surface area contributed by atoms with Gasteiger partial charge in [0.25, 0.3) is 10.0 Å². The van der Waals surface area contributed by atoms with Crippen LogP contribution in [0.1, 0.15) is 46.1 Å². The summed E-state index contributed by atoms with van der Waals surface area (Å²) < 4.78 is 27.7. The first-order valence-corrected chi connectivity index (χ1v) is 10.9. The fraction of sp³-hybridized carbons (Fsp3) is 0.500. The second kappa shape index (κ2) is 7.46. The van der Waals surface area contributed by atoms with Crippen LogP contribution in [-0.4, -0.2) is 31.7 Å². The van der Waals surface area contributed by atoms with Crippen molar-refractivity contribution in [1.82, 2.24) is 10.2 Å². The number of piperidine rings is 1. The first-order chi connectivity index (χ1) is 12.6. The van der Waals surface area contributed by atoms with Crippen LogP contribution < -0.4 is 9.62 Å². The molecule has 1 aromatic carbocycles. The molecule has 6 nitrogen and oxygen atoms in total. The molecule has 0 saturated carbocycles. The molecule has 1 N–H and O–H groups in total. The summed E-state index contributed by atoms with van der Waals surface area (Å²) in [6, 6.07) is 10.4. The summed E-state index contributed by atoms with van der Waals surface area (Å²) in [6.45, 7) is 10.5. The normalized spacial score (nSPS) is 16.4. The van der Waals surface area contributed by atoms with Crippen LogP contribution in [0.15, 0.2) is 41.3 Å². The summed E-state index contributed by atoms with van der Waals surface area (Å²) in [6.07, 6.45) is 2.28. The van der Waals surface area contributed by atoms with Crippen LogP contribution in [-0.2, 0) is 15.4 Å². The molecular formula is C20H28N4O2S. The molecule has 2 heterocycles. The maximum Gasteiger partial charge on any atom is 0.263 e. The second-order valence-corrected chi connectivity index (χ2v) is 10.0. The zero-order valence-electron chi connectivity index (χ0n) is 16.4. The number of nitrogens with one attached hydrogen (secondary N) is 1. The molecule has 1 aliphatic rings. The van der Waals surface area contributed by atoms with Gasteiger partial charge in [-0.05, 0) is 54.0 Å². The van der Waals surface area contributed by atoms with Crippen LogP contribution in [0, 0.1) is 5.92 Å². The van der Waals surface area contributed by atoms with Gasteiger partial charge in [0.15, 0.2) is 11.6 Å². The lowest BCUT2D eigenvalue weighted by molar-refractivity contribution is 0.436. The summed E-state index contributed by atoms with van der Waals surface area (Å²) in [5.41, 5.74) is 1.06. The van der Waals surface area contributed by atoms with Gasteiger partial charge in [0.2, 0.25) is 0 Å². The number of aromatic nitrogens is 2. The molecule has 0 unspecified atom stereocenters. The van der Waals surface area contributed by atoms with Crippen molar-refractivity contribution in [1.29, 1.82) is 0 Å². The van der Waals surface area contributed by atoms with Gasteiger partial charge in [-0.25, -0.2) is 8.42 Å². The van der Waals surface area contributed by atoms with Gasteiger partial charge in [0.05, 0.1) is 4.90 Å². The van der Waals surface area contributed by atoms with Crippen LogP contribution in [0.2, 0.25) is 0 Å². The third-order valence-electron chi connectivity index (χ3n) is 5.03. The Kier molecular flexibility index (Phi) is 5.42. The molecular weight excluding hydrogens is 360 g/mol. The number of anilines is 2. The van der Waals surface area contributed by atoms with Gasteiger partial charge in [-0.3, -0.25) is 4.72 Å². The molecule has 0 atom stereocenters. The fourth-order valence-electron chi connectivity index (χ4n) is 3.12. The van der Waals surface area contributed by atoms with Gasteiger partial charge in [-0.1, -0.05) is 39.8 Å². The molecule has 1 aromatic heterocycles. The van der Waals surface area contributed by atoms with Gasteiger partial charge in [0.1, 0.15) is 0 Å². The highest BCUT2D eigenvalue weighted by Gasteiger charge is 2.20. The smallest absolute Gasteiger partial charge is 0.263 e. The van der Waals surface area contributed by atoms with E-state index in [9.17, 15) is 8.42 Å². The zero-order valence-corrected chi connectivity index (χ0v) is 17.3. The molecule has 0 spiro atoms. The van der Waals surface area contributed by atoms with Gasteiger partial charge < -0.3 is 4.90 Å². The molecule has 0 amide bonds. The molecule has 1 fully saturated rings. The highest BCUT2D eigenvalue weighted by atomic mass is 32.2. The monoisotopic (exact) mass is 388 g/mol. The summed E-state index contributed by atoms with van der Waals surface area (Å²) in [5.74, 6) is 1.76. The molecule has 146 valence electrons.